The van der Waals surface area contributed by atoms with Crippen LogP contribution in [-0.2, 0) is 16.1 Å². The number of hydrogen-bond acceptors (Lipinski definition) is 4. The molecule has 2 aliphatic rings. The lowest BCUT2D eigenvalue weighted by Crippen LogP contribution is -2.45. The van der Waals surface area contributed by atoms with E-state index in [-0.39, 0.29) is 35.9 Å². The predicted molar refractivity (Wildman–Crippen MR) is 134 cm³/mol. The van der Waals surface area contributed by atoms with Crippen LogP contribution in [0.1, 0.15) is 44.6 Å². The first-order valence-corrected chi connectivity index (χ1v) is 11.2. The fourth-order valence-corrected chi connectivity index (χ4v) is 4.13. The number of rotatable bonds is 9. The summed E-state index contributed by atoms with van der Waals surface area (Å²) in [5.41, 5.74) is 1.12. The summed E-state index contributed by atoms with van der Waals surface area (Å²) >= 11 is 0. The van der Waals surface area contributed by atoms with E-state index in [1.807, 2.05) is 29.2 Å². The van der Waals surface area contributed by atoms with Crippen molar-refractivity contribution in [1.29, 1.82) is 0 Å². The molecule has 1 amide bonds. The van der Waals surface area contributed by atoms with Crippen LogP contribution in [0, 0.1) is 5.92 Å². The Morgan fingerprint density at radius 3 is 2.58 bits per heavy atom. The Bertz CT molecular complexity index is 693. The van der Waals surface area contributed by atoms with E-state index in [1.54, 1.807) is 7.11 Å². The highest BCUT2D eigenvalue weighted by atomic mass is 127. The number of ether oxygens (including phenoxy) is 2. The molecule has 1 aliphatic carbocycles. The summed E-state index contributed by atoms with van der Waals surface area (Å²) in [7, 11) is 1.66. The quantitative estimate of drug-likeness (QED) is 0.216. The van der Waals surface area contributed by atoms with Crippen LogP contribution >= 0.6 is 24.0 Å². The van der Waals surface area contributed by atoms with Crippen LogP contribution in [0.3, 0.4) is 0 Å². The van der Waals surface area contributed by atoms with Gasteiger partial charge in [0.05, 0.1) is 13.2 Å². The van der Waals surface area contributed by atoms with Gasteiger partial charge in [-0.3, -0.25) is 4.79 Å². The second kappa shape index (κ2) is 13.8. The summed E-state index contributed by atoms with van der Waals surface area (Å²) in [6, 6.07) is 8.25. The van der Waals surface area contributed by atoms with Crippen molar-refractivity contribution in [3.8, 4) is 5.75 Å². The highest BCUT2D eigenvalue weighted by Crippen LogP contribution is 2.27. The number of carbonyl (C=O) groups is 1. The van der Waals surface area contributed by atoms with Crippen molar-refractivity contribution >= 4 is 35.8 Å². The van der Waals surface area contributed by atoms with Gasteiger partial charge in [0.25, 0.3) is 0 Å². The predicted octanol–water partition coefficient (Wildman–Crippen LogP) is 3.18. The largest absolute Gasteiger partial charge is 0.491 e. The molecule has 1 unspecified atom stereocenters. The zero-order valence-electron chi connectivity index (χ0n) is 18.8. The number of hydrogen-bond donors (Lipinski definition) is 2. The Balaban J connectivity index is 0.00000341. The Hall–Kier alpha value is -1.55. The molecule has 1 atom stereocenters. The van der Waals surface area contributed by atoms with Gasteiger partial charge in [-0.25, -0.2) is 4.99 Å². The Labute approximate surface area is 203 Å². The molecule has 0 aromatic heterocycles. The second-order valence-corrected chi connectivity index (χ2v) is 8.08. The summed E-state index contributed by atoms with van der Waals surface area (Å²) in [5, 5.41) is 6.84. The highest BCUT2D eigenvalue weighted by Gasteiger charge is 2.32. The van der Waals surface area contributed by atoms with Crippen molar-refractivity contribution in [1.82, 2.24) is 15.5 Å². The lowest BCUT2D eigenvalue weighted by Gasteiger charge is -2.21. The Morgan fingerprint density at radius 2 is 1.90 bits per heavy atom. The van der Waals surface area contributed by atoms with E-state index in [2.05, 4.69) is 17.6 Å². The molecule has 8 heteroatoms. The van der Waals surface area contributed by atoms with Gasteiger partial charge in [0.2, 0.25) is 5.91 Å². The maximum atomic E-state index is 12.7. The maximum Gasteiger partial charge on any atom is 0.225 e. The molecule has 2 fully saturated rings. The summed E-state index contributed by atoms with van der Waals surface area (Å²) < 4.78 is 10.6. The van der Waals surface area contributed by atoms with E-state index in [0.29, 0.717) is 25.7 Å². The van der Waals surface area contributed by atoms with Gasteiger partial charge >= 0.3 is 0 Å². The first-order valence-electron chi connectivity index (χ1n) is 11.2. The monoisotopic (exact) mass is 544 g/mol. The van der Waals surface area contributed by atoms with E-state index in [9.17, 15) is 4.79 Å². The first kappa shape index (κ1) is 25.7. The van der Waals surface area contributed by atoms with Gasteiger partial charge in [-0.1, -0.05) is 25.0 Å². The number of methoxy groups -OCH3 is 1. The average molecular weight is 544 g/mol. The van der Waals surface area contributed by atoms with Crippen molar-refractivity contribution in [2.24, 2.45) is 10.9 Å². The number of aliphatic imine (C=N–C) groups is 1. The Morgan fingerprint density at radius 1 is 1.16 bits per heavy atom. The van der Waals surface area contributed by atoms with Gasteiger partial charge in [-0.2, -0.15) is 0 Å². The third-order valence-corrected chi connectivity index (χ3v) is 5.79. The third-order valence-electron chi connectivity index (χ3n) is 5.79. The van der Waals surface area contributed by atoms with Crippen LogP contribution in [0.4, 0.5) is 0 Å². The van der Waals surface area contributed by atoms with Crippen LogP contribution in [-0.4, -0.2) is 62.8 Å². The number of halogens is 1. The lowest BCUT2D eigenvalue weighted by molar-refractivity contribution is -0.134. The smallest absolute Gasteiger partial charge is 0.225 e. The molecule has 3 rings (SSSR count). The van der Waals surface area contributed by atoms with E-state index in [4.69, 9.17) is 14.5 Å². The molecular weight excluding hydrogens is 507 g/mol. The van der Waals surface area contributed by atoms with Crippen molar-refractivity contribution in [2.75, 3.05) is 40.0 Å². The van der Waals surface area contributed by atoms with E-state index >= 15 is 0 Å². The van der Waals surface area contributed by atoms with Crippen LogP contribution in [0.2, 0.25) is 0 Å². The molecule has 0 spiro atoms. The topological polar surface area (TPSA) is 75.2 Å². The van der Waals surface area contributed by atoms with Crippen LogP contribution < -0.4 is 15.4 Å². The van der Waals surface area contributed by atoms with Crippen molar-refractivity contribution in [3.63, 3.8) is 0 Å². The number of nitrogens with zero attached hydrogens (tertiary/aromatic N) is 2. The fraction of sp³-hybridized carbons (Fsp3) is 0.652. The number of carbonyl (C=O) groups excluding carboxylic acids is 1. The Kier molecular flexibility index (Phi) is 11.4. The van der Waals surface area contributed by atoms with Gasteiger partial charge in [0.15, 0.2) is 5.96 Å². The number of amides is 1. The molecule has 1 heterocycles. The summed E-state index contributed by atoms with van der Waals surface area (Å²) in [6.07, 6.45) is 5.49. The van der Waals surface area contributed by atoms with E-state index < -0.39 is 0 Å². The molecule has 0 radical (unpaired) electrons. The summed E-state index contributed by atoms with van der Waals surface area (Å²) in [6.45, 7) is 6.19. The SMILES string of the molecule is CCNC(=NCc1ccc(OCCOC)cc1)NC1CCN(C(=O)C2CCCC2)C1.I. The molecule has 1 aliphatic heterocycles. The molecule has 1 saturated carbocycles. The minimum Gasteiger partial charge on any atom is -0.491 e. The zero-order valence-corrected chi connectivity index (χ0v) is 21.1. The first-order chi connectivity index (χ1) is 14.7. The normalized spacial score (nSPS) is 19.2. The maximum absolute atomic E-state index is 12.7. The molecule has 31 heavy (non-hydrogen) atoms. The van der Waals surface area contributed by atoms with Crippen molar-refractivity contribution in [3.05, 3.63) is 29.8 Å². The molecule has 0 bridgehead atoms. The molecule has 174 valence electrons. The van der Waals surface area contributed by atoms with Crippen LogP contribution in [0.15, 0.2) is 29.3 Å². The highest BCUT2D eigenvalue weighted by molar-refractivity contribution is 14.0. The molecule has 7 nitrogen and oxygen atoms in total. The van der Waals surface area contributed by atoms with Crippen LogP contribution in [0.25, 0.3) is 0 Å². The van der Waals surface area contributed by atoms with Gasteiger partial charge in [0, 0.05) is 38.7 Å². The van der Waals surface area contributed by atoms with Gasteiger partial charge in [-0.15, -0.1) is 24.0 Å². The molecular formula is C23H37IN4O3. The fourth-order valence-electron chi connectivity index (χ4n) is 4.13. The minimum atomic E-state index is 0. The standard InChI is InChI=1S/C23H36N4O3.HI/c1-3-24-23(25-16-18-8-10-21(11-9-18)30-15-14-29-2)26-20-12-13-27(17-20)22(28)19-6-4-5-7-19;/h8-11,19-20H,3-7,12-17H2,1-2H3,(H2,24,25,26);1H. The number of guanidine groups is 1. The zero-order chi connectivity index (χ0) is 21.2. The summed E-state index contributed by atoms with van der Waals surface area (Å²) in [4.78, 5) is 19.4. The molecule has 1 saturated heterocycles. The number of benzene rings is 1. The van der Waals surface area contributed by atoms with Crippen LogP contribution in [0.5, 0.6) is 5.75 Å². The molecule has 1 aromatic rings. The van der Waals surface area contributed by atoms with Crippen molar-refractivity contribution < 1.29 is 14.3 Å². The second-order valence-electron chi connectivity index (χ2n) is 8.08. The summed E-state index contributed by atoms with van der Waals surface area (Å²) in [5.74, 6) is 2.25. The van der Waals surface area contributed by atoms with E-state index in [0.717, 1.165) is 56.2 Å². The number of likely N-dealkylation sites (tertiary alicyclic amines) is 1. The van der Waals surface area contributed by atoms with Gasteiger partial charge < -0.3 is 25.0 Å². The van der Waals surface area contributed by atoms with E-state index in [1.165, 1.54) is 12.8 Å². The van der Waals surface area contributed by atoms with Gasteiger partial charge in [0.1, 0.15) is 12.4 Å². The lowest BCUT2D eigenvalue weighted by atomic mass is 10.1. The molecule has 2 N–H and O–H groups in total. The molecule has 1 aromatic carbocycles. The van der Waals surface area contributed by atoms with Crippen molar-refractivity contribution in [2.45, 2.75) is 51.6 Å². The van der Waals surface area contributed by atoms with Gasteiger partial charge in [-0.05, 0) is 43.9 Å². The minimum absolute atomic E-state index is 0. The number of nitrogens with one attached hydrogen (secondary N) is 2. The third kappa shape index (κ3) is 8.14. The average Bonchev–Trinajstić information content (AvgIpc) is 3.45.